The number of nitrogens with zero attached hydrogens (tertiary/aromatic N) is 1. The van der Waals surface area contributed by atoms with Crippen molar-refractivity contribution in [2.75, 3.05) is 11.9 Å². The van der Waals surface area contributed by atoms with Crippen molar-refractivity contribution < 1.29 is 9.50 Å². The Morgan fingerprint density at radius 1 is 1.37 bits per heavy atom. The van der Waals surface area contributed by atoms with E-state index in [2.05, 4.69) is 0 Å². The van der Waals surface area contributed by atoms with Crippen LogP contribution in [0.3, 0.4) is 0 Å². The van der Waals surface area contributed by atoms with Crippen molar-refractivity contribution in [1.29, 1.82) is 0 Å². The zero-order valence-electron chi connectivity index (χ0n) is 10.7. The molecular formula is C14H15ClFNOS. The lowest BCUT2D eigenvalue weighted by molar-refractivity contribution is 0.194. The number of anilines is 1. The molecule has 102 valence electrons. The van der Waals surface area contributed by atoms with Crippen LogP contribution in [0.2, 0.25) is 4.34 Å². The molecule has 19 heavy (non-hydrogen) atoms. The highest BCUT2D eigenvalue weighted by molar-refractivity contribution is 7.16. The molecule has 0 aliphatic heterocycles. The van der Waals surface area contributed by atoms with E-state index < -0.39 is 6.10 Å². The van der Waals surface area contributed by atoms with Gasteiger partial charge in [-0.25, -0.2) is 4.39 Å². The van der Waals surface area contributed by atoms with Crippen LogP contribution in [0.4, 0.5) is 10.1 Å². The molecule has 1 unspecified atom stereocenters. The third kappa shape index (κ3) is 3.26. The molecule has 1 atom stereocenters. The van der Waals surface area contributed by atoms with Crippen LogP contribution >= 0.6 is 22.9 Å². The summed E-state index contributed by atoms with van der Waals surface area (Å²) in [7, 11) is 1.87. The van der Waals surface area contributed by atoms with Gasteiger partial charge in [0.25, 0.3) is 0 Å². The van der Waals surface area contributed by atoms with Gasteiger partial charge in [0.15, 0.2) is 0 Å². The molecule has 2 nitrogen and oxygen atoms in total. The third-order valence-electron chi connectivity index (χ3n) is 2.88. The topological polar surface area (TPSA) is 23.5 Å². The van der Waals surface area contributed by atoms with Gasteiger partial charge in [-0.3, -0.25) is 0 Å². The minimum atomic E-state index is -0.842. The Balaban J connectivity index is 2.28. The molecule has 2 rings (SSSR count). The van der Waals surface area contributed by atoms with Crippen LogP contribution in [0.15, 0.2) is 30.3 Å². The number of thiophene rings is 1. The molecule has 0 saturated heterocycles. The summed E-state index contributed by atoms with van der Waals surface area (Å²) >= 11 is 7.39. The lowest BCUT2D eigenvalue weighted by Crippen LogP contribution is -2.18. The molecule has 5 heteroatoms. The van der Waals surface area contributed by atoms with E-state index in [-0.39, 0.29) is 5.82 Å². The zero-order valence-corrected chi connectivity index (χ0v) is 12.3. The van der Waals surface area contributed by atoms with Gasteiger partial charge in [0.2, 0.25) is 0 Å². The van der Waals surface area contributed by atoms with Crippen molar-refractivity contribution in [2.45, 2.75) is 19.6 Å². The normalized spacial score (nSPS) is 12.5. The highest BCUT2D eigenvalue weighted by atomic mass is 35.5. The van der Waals surface area contributed by atoms with Crippen LogP contribution in [0, 0.1) is 5.82 Å². The number of halogens is 2. The molecule has 2 aromatic rings. The fourth-order valence-corrected chi connectivity index (χ4v) is 3.17. The second-order valence-corrected chi connectivity index (χ2v) is 6.21. The van der Waals surface area contributed by atoms with E-state index in [0.717, 1.165) is 9.21 Å². The summed E-state index contributed by atoms with van der Waals surface area (Å²) in [5.74, 6) is -0.386. The lowest BCUT2D eigenvalue weighted by Gasteiger charge is -2.23. The van der Waals surface area contributed by atoms with Crippen LogP contribution < -0.4 is 4.90 Å². The minimum absolute atomic E-state index is 0.327. The number of hydrogen-bond donors (Lipinski definition) is 1. The van der Waals surface area contributed by atoms with E-state index in [4.69, 9.17) is 11.6 Å². The van der Waals surface area contributed by atoms with Gasteiger partial charge in [-0.1, -0.05) is 17.7 Å². The van der Waals surface area contributed by atoms with Gasteiger partial charge in [-0.05, 0) is 31.2 Å². The van der Waals surface area contributed by atoms with Crippen molar-refractivity contribution in [1.82, 2.24) is 0 Å². The monoisotopic (exact) mass is 299 g/mol. The molecular weight excluding hydrogens is 285 g/mol. The largest absolute Gasteiger partial charge is 0.389 e. The molecule has 0 spiro atoms. The van der Waals surface area contributed by atoms with Gasteiger partial charge < -0.3 is 10.0 Å². The highest BCUT2D eigenvalue weighted by Gasteiger charge is 2.16. The Morgan fingerprint density at radius 2 is 2.11 bits per heavy atom. The van der Waals surface area contributed by atoms with Crippen molar-refractivity contribution in [3.05, 3.63) is 50.9 Å². The molecule has 0 saturated carbocycles. The second-order valence-electron chi connectivity index (χ2n) is 4.41. The Labute approximate surface area is 121 Å². The molecule has 0 fully saturated rings. The SMILES string of the molecule is CC(O)c1c(F)cccc1N(C)Cc1ccc(Cl)s1. The fraction of sp³-hybridized carbons (Fsp3) is 0.286. The summed E-state index contributed by atoms with van der Waals surface area (Å²) in [5.41, 5.74) is 1.02. The smallest absolute Gasteiger partial charge is 0.131 e. The maximum atomic E-state index is 13.8. The average Bonchev–Trinajstić information content (AvgIpc) is 2.73. The molecule has 1 aromatic heterocycles. The molecule has 1 aromatic carbocycles. The van der Waals surface area contributed by atoms with E-state index in [1.807, 2.05) is 24.1 Å². The quantitative estimate of drug-likeness (QED) is 0.913. The molecule has 0 amide bonds. The predicted molar refractivity (Wildman–Crippen MR) is 78.5 cm³/mol. The summed E-state index contributed by atoms with van der Waals surface area (Å²) in [4.78, 5) is 3.00. The number of rotatable bonds is 4. The summed E-state index contributed by atoms with van der Waals surface area (Å²) in [6.07, 6.45) is -0.842. The van der Waals surface area contributed by atoms with Crippen LogP contribution in [0.25, 0.3) is 0 Å². The first-order valence-electron chi connectivity index (χ1n) is 5.91. The standard InChI is InChI=1S/C14H15ClFNOS/c1-9(18)14-11(16)4-3-5-12(14)17(2)8-10-6-7-13(15)19-10/h3-7,9,18H,8H2,1-2H3. The van der Waals surface area contributed by atoms with E-state index in [1.165, 1.54) is 17.4 Å². The number of aliphatic hydroxyl groups is 1. The van der Waals surface area contributed by atoms with Gasteiger partial charge >= 0.3 is 0 Å². The summed E-state index contributed by atoms with van der Waals surface area (Å²) < 4.78 is 14.5. The van der Waals surface area contributed by atoms with Gasteiger partial charge in [-0.15, -0.1) is 11.3 Å². The minimum Gasteiger partial charge on any atom is -0.389 e. The van der Waals surface area contributed by atoms with Crippen molar-refractivity contribution in [3.8, 4) is 0 Å². The van der Waals surface area contributed by atoms with Crippen LogP contribution in [-0.2, 0) is 6.54 Å². The summed E-state index contributed by atoms with van der Waals surface area (Å²) in [6.45, 7) is 2.19. The molecule has 0 bridgehead atoms. The number of aliphatic hydroxyl groups excluding tert-OH is 1. The van der Waals surface area contributed by atoms with Gasteiger partial charge in [0.05, 0.1) is 17.0 Å². The van der Waals surface area contributed by atoms with Crippen LogP contribution in [-0.4, -0.2) is 12.2 Å². The fourth-order valence-electron chi connectivity index (χ4n) is 2.03. The molecule has 1 heterocycles. The molecule has 1 N–H and O–H groups in total. The Kier molecular flexibility index (Phi) is 4.45. The Bertz CT molecular complexity index is 570. The first kappa shape index (κ1) is 14.3. The number of benzene rings is 1. The maximum Gasteiger partial charge on any atom is 0.131 e. The first-order valence-corrected chi connectivity index (χ1v) is 7.10. The second kappa shape index (κ2) is 5.90. The van der Waals surface area contributed by atoms with Crippen LogP contribution in [0.5, 0.6) is 0 Å². The molecule has 0 aliphatic rings. The Hall–Kier alpha value is -1.10. The predicted octanol–water partition coefficient (Wildman–Crippen LogP) is 4.23. The van der Waals surface area contributed by atoms with Gasteiger partial charge in [0.1, 0.15) is 5.82 Å². The number of hydrogen-bond acceptors (Lipinski definition) is 3. The maximum absolute atomic E-state index is 13.8. The third-order valence-corrected chi connectivity index (χ3v) is 4.10. The highest BCUT2D eigenvalue weighted by Crippen LogP contribution is 2.30. The van der Waals surface area contributed by atoms with E-state index in [0.29, 0.717) is 17.8 Å². The van der Waals surface area contributed by atoms with Crippen molar-refractivity contribution in [2.24, 2.45) is 0 Å². The van der Waals surface area contributed by atoms with E-state index in [9.17, 15) is 9.50 Å². The van der Waals surface area contributed by atoms with Crippen LogP contribution in [0.1, 0.15) is 23.5 Å². The zero-order chi connectivity index (χ0) is 14.0. The molecule has 0 aliphatic carbocycles. The van der Waals surface area contributed by atoms with Crippen molar-refractivity contribution in [3.63, 3.8) is 0 Å². The van der Waals surface area contributed by atoms with Crippen molar-refractivity contribution >= 4 is 28.6 Å². The average molecular weight is 300 g/mol. The van der Waals surface area contributed by atoms with Gasteiger partial charge in [0, 0.05) is 23.2 Å². The van der Waals surface area contributed by atoms with Gasteiger partial charge in [-0.2, -0.15) is 0 Å². The van der Waals surface area contributed by atoms with E-state index in [1.54, 1.807) is 19.1 Å². The first-order chi connectivity index (χ1) is 8.99. The van der Waals surface area contributed by atoms with E-state index >= 15 is 0 Å². The molecule has 0 radical (unpaired) electrons. The Morgan fingerprint density at radius 3 is 2.68 bits per heavy atom. The summed E-state index contributed by atoms with van der Waals surface area (Å²) in [6, 6.07) is 8.61. The lowest BCUT2D eigenvalue weighted by atomic mass is 10.1. The summed E-state index contributed by atoms with van der Waals surface area (Å²) in [5, 5.41) is 9.72.